The van der Waals surface area contributed by atoms with Gasteiger partial charge in [0.05, 0.1) is 18.8 Å². The Morgan fingerprint density at radius 3 is 2.75 bits per heavy atom. The molecule has 1 saturated carbocycles. The lowest BCUT2D eigenvalue weighted by atomic mass is 9.96. The van der Waals surface area contributed by atoms with Crippen LogP contribution >= 0.6 is 0 Å². The normalized spacial score (nSPS) is 18.2. The number of nitrogens with two attached hydrogens (primary N) is 1. The Hall–Kier alpha value is -0.860. The summed E-state index contributed by atoms with van der Waals surface area (Å²) < 4.78 is 5.76. The molecule has 0 bridgehead atoms. The average molecular weight is 219 g/mol. The minimum absolute atomic E-state index is 0.0144. The second kappa shape index (κ2) is 4.98. The summed E-state index contributed by atoms with van der Waals surface area (Å²) in [5, 5.41) is 0. The molecule has 1 aliphatic rings. The third kappa shape index (κ3) is 2.63. The summed E-state index contributed by atoms with van der Waals surface area (Å²) >= 11 is 0. The second-order valence-corrected chi connectivity index (χ2v) is 4.85. The van der Waals surface area contributed by atoms with E-state index in [-0.39, 0.29) is 6.04 Å². The first-order valence-electron chi connectivity index (χ1n) is 6.11. The van der Waals surface area contributed by atoms with E-state index in [1.54, 1.807) is 0 Å². The van der Waals surface area contributed by atoms with E-state index in [2.05, 4.69) is 32.0 Å². The second-order valence-electron chi connectivity index (χ2n) is 4.85. The monoisotopic (exact) mass is 219 g/mol. The number of benzene rings is 1. The maximum Gasteiger partial charge on any atom is 0.0663 e. The minimum Gasteiger partial charge on any atom is -0.376 e. The highest BCUT2D eigenvalue weighted by Gasteiger charge is 2.19. The van der Waals surface area contributed by atoms with Crippen LogP contribution in [0.3, 0.4) is 0 Å². The van der Waals surface area contributed by atoms with E-state index in [0.717, 1.165) is 0 Å². The Bertz CT molecular complexity index is 358. The lowest BCUT2D eigenvalue weighted by Crippen LogP contribution is -2.27. The van der Waals surface area contributed by atoms with Crippen molar-refractivity contribution in [3.63, 3.8) is 0 Å². The molecule has 0 amide bonds. The number of hydrogen-bond acceptors (Lipinski definition) is 2. The molecule has 0 aromatic heterocycles. The summed E-state index contributed by atoms with van der Waals surface area (Å²) in [6, 6.07) is 6.44. The largest absolute Gasteiger partial charge is 0.376 e. The van der Waals surface area contributed by atoms with Gasteiger partial charge in [-0.1, -0.05) is 23.8 Å². The summed E-state index contributed by atoms with van der Waals surface area (Å²) in [6.07, 6.45) is 4.19. The zero-order valence-corrected chi connectivity index (χ0v) is 10.2. The topological polar surface area (TPSA) is 35.2 Å². The van der Waals surface area contributed by atoms with Crippen molar-refractivity contribution >= 4 is 0 Å². The van der Waals surface area contributed by atoms with Gasteiger partial charge in [-0.15, -0.1) is 0 Å². The molecular formula is C14H21NO. The zero-order valence-electron chi connectivity index (χ0n) is 10.2. The van der Waals surface area contributed by atoms with Crippen molar-refractivity contribution in [2.24, 2.45) is 5.73 Å². The Morgan fingerprint density at radius 1 is 1.38 bits per heavy atom. The molecule has 16 heavy (non-hydrogen) atoms. The van der Waals surface area contributed by atoms with E-state index in [4.69, 9.17) is 10.5 Å². The van der Waals surface area contributed by atoms with E-state index in [1.165, 1.54) is 36.0 Å². The van der Waals surface area contributed by atoms with Gasteiger partial charge in [0, 0.05) is 0 Å². The van der Waals surface area contributed by atoms with E-state index < -0.39 is 0 Å². The number of hydrogen-bond donors (Lipinski definition) is 1. The highest BCUT2D eigenvalue weighted by Crippen LogP contribution is 2.24. The molecule has 0 spiro atoms. The SMILES string of the molecule is Cc1ccc(C)c(C(N)COC2CCC2)c1. The highest BCUT2D eigenvalue weighted by atomic mass is 16.5. The Balaban J connectivity index is 1.95. The summed E-state index contributed by atoms with van der Waals surface area (Å²) in [4.78, 5) is 0. The van der Waals surface area contributed by atoms with Gasteiger partial charge in [-0.3, -0.25) is 0 Å². The predicted molar refractivity (Wildman–Crippen MR) is 66.4 cm³/mol. The molecular weight excluding hydrogens is 198 g/mol. The fourth-order valence-electron chi connectivity index (χ4n) is 2.03. The first-order valence-corrected chi connectivity index (χ1v) is 6.11. The smallest absolute Gasteiger partial charge is 0.0663 e. The first kappa shape index (κ1) is 11.6. The van der Waals surface area contributed by atoms with Gasteiger partial charge >= 0.3 is 0 Å². The fraction of sp³-hybridized carbons (Fsp3) is 0.571. The van der Waals surface area contributed by atoms with E-state index >= 15 is 0 Å². The van der Waals surface area contributed by atoms with Crippen molar-refractivity contribution in [1.82, 2.24) is 0 Å². The highest BCUT2D eigenvalue weighted by molar-refractivity contribution is 5.32. The predicted octanol–water partition coefficient (Wildman–Crippen LogP) is 2.87. The molecule has 1 atom stereocenters. The molecule has 88 valence electrons. The van der Waals surface area contributed by atoms with Crippen molar-refractivity contribution in [2.75, 3.05) is 6.61 Å². The van der Waals surface area contributed by atoms with E-state index in [9.17, 15) is 0 Å². The Labute approximate surface area is 97.8 Å². The van der Waals surface area contributed by atoms with Crippen LogP contribution in [-0.2, 0) is 4.74 Å². The molecule has 0 radical (unpaired) electrons. The Morgan fingerprint density at radius 2 is 2.12 bits per heavy atom. The Kier molecular flexibility index (Phi) is 3.62. The van der Waals surface area contributed by atoms with Gasteiger partial charge in [-0.25, -0.2) is 0 Å². The van der Waals surface area contributed by atoms with Crippen LogP contribution in [0.5, 0.6) is 0 Å². The van der Waals surface area contributed by atoms with Crippen molar-refractivity contribution in [3.8, 4) is 0 Å². The van der Waals surface area contributed by atoms with Crippen LogP contribution in [0.25, 0.3) is 0 Å². The van der Waals surface area contributed by atoms with Crippen LogP contribution in [0.2, 0.25) is 0 Å². The van der Waals surface area contributed by atoms with Gasteiger partial charge in [0.2, 0.25) is 0 Å². The van der Waals surface area contributed by atoms with Crippen LogP contribution in [0.1, 0.15) is 42.0 Å². The van der Waals surface area contributed by atoms with Crippen LogP contribution in [0.15, 0.2) is 18.2 Å². The average Bonchev–Trinajstić information content (AvgIpc) is 2.19. The number of ether oxygens (including phenoxy) is 1. The van der Waals surface area contributed by atoms with Crippen LogP contribution in [-0.4, -0.2) is 12.7 Å². The molecule has 2 N–H and O–H groups in total. The van der Waals surface area contributed by atoms with Crippen molar-refractivity contribution < 1.29 is 4.74 Å². The molecule has 0 heterocycles. The first-order chi connectivity index (χ1) is 7.66. The zero-order chi connectivity index (χ0) is 11.5. The lowest BCUT2D eigenvalue weighted by molar-refractivity contribution is -0.00451. The third-order valence-electron chi connectivity index (χ3n) is 3.40. The van der Waals surface area contributed by atoms with E-state index in [1.807, 2.05) is 0 Å². The van der Waals surface area contributed by atoms with E-state index in [0.29, 0.717) is 12.7 Å². The molecule has 0 aliphatic heterocycles. The third-order valence-corrected chi connectivity index (χ3v) is 3.40. The van der Waals surface area contributed by atoms with Gasteiger partial charge in [0.1, 0.15) is 0 Å². The molecule has 0 saturated heterocycles. The minimum atomic E-state index is 0.0144. The summed E-state index contributed by atoms with van der Waals surface area (Å²) in [6.45, 7) is 4.86. The van der Waals surface area contributed by atoms with Gasteiger partial charge in [0.25, 0.3) is 0 Å². The quantitative estimate of drug-likeness (QED) is 0.845. The molecule has 1 unspecified atom stereocenters. The lowest BCUT2D eigenvalue weighted by Gasteiger charge is -2.27. The summed E-state index contributed by atoms with van der Waals surface area (Å²) in [7, 11) is 0. The summed E-state index contributed by atoms with van der Waals surface area (Å²) in [5.41, 5.74) is 9.91. The van der Waals surface area contributed by atoms with Gasteiger partial charge in [-0.2, -0.15) is 0 Å². The van der Waals surface area contributed by atoms with Gasteiger partial charge in [0.15, 0.2) is 0 Å². The van der Waals surface area contributed by atoms with Crippen molar-refractivity contribution in [3.05, 3.63) is 34.9 Å². The standard InChI is InChI=1S/C14H21NO/c1-10-6-7-11(2)13(8-10)14(15)9-16-12-4-3-5-12/h6-8,12,14H,3-5,9,15H2,1-2H3. The van der Waals surface area contributed by atoms with Gasteiger partial charge in [-0.05, 0) is 44.2 Å². The molecule has 1 aliphatic carbocycles. The maximum atomic E-state index is 6.17. The van der Waals surface area contributed by atoms with Crippen LogP contribution in [0.4, 0.5) is 0 Å². The van der Waals surface area contributed by atoms with Crippen LogP contribution < -0.4 is 5.73 Å². The molecule has 1 aromatic rings. The fourth-order valence-corrected chi connectivity index (χ4v) is 2.03. The number of rotatable bonds is 4. The molecule has 2 nitrogen and oxygen atoms in total. The van der Waals surface area contributed by atoms with Crippen molar-refractivity contribution in [1.29, 1.82) is 0 Å². The van der Waals surface area contributed by atoms with Gasteiger partial charge < -0.3 is 10.5 Å². The molecule has 2 rings (SSSR count). The molecule has 1 fully saturated rings. The summed E-state index contributed by atoms with van der Waals surface area (Å²) in [5.74, 6) is 0. The molecule has 2 heteroatoms. The number of aryl methyl sites for hydroxylation is 2. The maximum absolute atomic E-state index is 6.17. The molecule has 1 aromatic carbocycles. The van der Waals surface area contributed by atoms with Crippen LogP contribution in [0, 0.1) is 13.8 Å². The van der Waals surface area contributed by atoms with Crippen molar-refractivity contribution in [2.45, 2.75) is 45.3 Å².